The summed E-state index contributed by atoms with van der Waals surface area (Å²) in [6, 6.07) is 7.76. The number of benzene rings is 1. The molecule has 16 heavy (non-hydrogen) atoms. The number of imidazole rings is 1. The van der Waals surface area contributed by atoms with Crippen molar-refractivity contribution < 1.29 is 9.78 Å². The lowest BCUT2D eigenvalue weighted by Crippen LogP contribution is -2.12. The molecule has 0 fully saturated rings. The molecule has 0 saturated heterocycles. The van der Waals surface area contributed by atoms with Gasteiger partial charge in [-0.15, -0.1) is 0 Å². The number of para-hydroxylation sites is 2. The second-order valence-electron chi connectivity index (χ2n) is 3.79. The maximum Gasteiger partial charge on any atom is 0.311 e. The van der Waals surface area contributed by atoms with Gasteiger partial charge in [0.25, 0.3) is 5.82 Å². The van der Waals surface area contributed by atoms with Crippen molar-refractivity contribution >= 4 is 16.9 Å². The van der Waals surface area contributed by atoms with E-state index in [1.165, 1.54) is 6.42 Å². The average molecular weight is 219 g/mol. The van der Waals surface area contributed by atoms with Crippen LogP contribution in [0, 0.1) is 6.92 Å². The largest absolute Gasteiger partial charge is 0.311 e. The van der Waals surface area contributed by atoms with Crippen LogP contribution in [0.5, 0.6) is 0 Å². The van der Waals surface area contributed by atoms with Crippen molar-refractivity contribution in [2.45, 2.75) is 34.1 Å². The van der Waals surface area contributed by atoms with E-state index in [4.69, 9.17) is 0 Å². The number of carbonyl (C=O) groups excluding carboxylic acids is 1. The Labute approximate surface area is 96.1 Å². The predicted molar refractivity (Wildman–Crippen MR) is 65.5 cm³/mol. The predicted octanol–water partition coefficient (Wildman–Crippen LogP) is 2.84. The summed E-state index contributed by atoms with van der Waals surface area (Å²) in [5.74, 6) is 0.906. The van der Waals surface area contributed by atoms with Gasteiger partial charge in [0.1, 0.15) is 0 Å². The number of hydrogen-bond acceptors (Lipinski definition) is 1. The molecular formula is C13H19N2O+. The molecule has 0 amide bonds. The molecule has 0 unspecified atom stereocenters. The van der Waals surface area contributed by atoms with Crippen LogP contribution in [-0.4, -0.2) is 10.5 Å². The minimum absolute atomic E-state index is 0.0370. The molecule has 3 heteroatoms. The molecule has 86 valence electrons. The second kappa shape index (κ2) is 5.45. The molecule has 0 aliphatic heterocycles. The van der Waals surface area contributed by atoms with Crippen LogP contribution in [0.4, 0.5) is 0 Å². The molecule has 0 radical (unpaired) electrons. The van der Waals surface area contributed by atoms with E-state index in [0.717, 1.165) is 16.9 Å². The monoisotopic (exact) mass is 219 g/mol. The van der Waals surface area contributed by atoms with E-state index in [-0.39, 0.29) is 5.91 Å². The fourth-order valence-electron chi connectivity index (χ4n) is 1.61. The molecule has 1 N–H and O–H groups in total. The van der Waals surface area contributed by atoms with Gasteiger partial charge in [-0.05, 0) is 12.1 Å². The molecule has 2 aromatic rings. The fraction of sp³-hybridized carbons (Fsp3) is 0.385. The van der Waals surface area contributed by atoms with Crippen molar-refractivity contribution in [1.82, 2.24) is 4.57 Å². The molecule has 1 aromatic carbocycles. The molecule has 1 aromatic heterocycles. The van der Waals surface area contributed by atoms with Gasteiger partial charge in [-0.2, -0.15) is 4.57 Å². The molecule has 0 aliphatic carbocycles. The summed E-state index contributed by atoms with van der Waals surface area (Å²) in [6.45, 7) is 7.70. The molecule has 0 spiro atoms. The number of fused-ring (bicyclic) bond motifs is 1. The van der Waals surface area contributed by atoms with Crippen LogP contribution in [0.2, 0.25) is 0 Å². The highest BCUT2D eigenvalue weighted by molar-refractivity contribution is 5.87. The Hall–Kier alpha value is -1.64. The highest BCUT2D eigenvalue weighted by Gasteiger charge is 2.17. The van der Waals surface area contributed by atoms with E-state index in [1.807, 2.05) is 31.2 Å². The summed E-state index contributed by atoms with van der Waals surface area (Å²) >= 11 is 0. The van der Waals surface area contributed by atoms with Crippen LogP contribution in [0.1, 0.15) is 37.8 Å². The van der Waals surface area contributed by atoms with Gasteiger partial charge in [-0.25, -0.2) is 9.78 Å². The zero-order chi connectivity index (χ0) is 12.1. The first-order chi connectivity index (χ1) is 7.61. The van der Waals surface area contributed by atoms with Crippen molar-refractivity contribution in [1.29, 1.82) is 0 Å². The number of H-pyrrole nitrogens is 1. The fourth-order valence-corrected chi connectivity index (χ4v) is 1.61. The normalized spacial score (nSPS) is 9.75. The highest BCUT2D eigenvalue weighted by Crippen LogP contribution is 2.10. The number of rotatable bonds is 0. The van der Waals surface area contributed by atoms with Crippen molar-refractivity contribution in [3.05, 3.63) is 30.1 Å². The Balaban J connectivity index is 0.000000386. The summed E-state index contributed by atoms with van der Waals surface area (Å²) < 4.78 is 1.68. The Bertz CT molecular complexity index is 486. The average Bonchev–Trinajstić information content (AvgIpc) is 2.54. The minimum atomic E-state index is 0.0370. The smallest absolute Gasteiger partial charge is 0.247 e. The maximum atomic E-state index is 11.3. The molecule has 0 aliphatic rings. The third-order valence-electron chi connectivity index (χ3n) is 2.11. The first kappa shape index (κ1) is 12.4. The Morgan fingerprint density at radius 2 is 1.88 bits per heavy atom. The topological polar surface area (TPSA) is 36.1 Å². The lowest BCUT2D eigenvalue weighted by atomic mass is 10.3. The van der Waals surface area contributed by atoms with Crippen LogP contribution in [0.25, 0.3) is 11.0 Å². The number of nitrogens with one attached hydrogen (secondary N) is 1. The van der Waals surface area contributed by atoms with Gasteiger partial charge in [0.15, 0.2) is 11.0 Å². The van der Waals surface area contributed by atoms with Crippen molar-refractivity contribution in [3.8, 4) is 0 Å². The zero-order valence-electron chi connectivity index (χ0n) is 10.4. The first-order valence-electron chi connectivity index (χ1n) is 5.62. The van der Waals surface area contributed by atoms with Crippen molar-refractivity contribution in [2.24, 2.45) is 0 Å². The highest BCUT2D eigenvalue weighted by atomic mass is 16.1. The number of carbonyl (C=O) groups is 1. The minimum Gasteiger partial charge on any atom is -0.247 e. The molecular weight excluding hydrogens is 200 g/mol. The summed E-state index contributed by atoms with van der Waals surface area (Å²) in [5, 5.41) is 0. The van der Waals surface area contributed by atoms with Gasteiger partial charge in [-0.3, -0.25) is 0 Å². The third-order valence-corrected chi connectivity index (χ3v) is 2.11. The van der Waals surface area contributed by atoms with Crippen LogP contribution in [0.3, 0.4) is 0 Å². The van der Waals surface area contributed by atoms with E-state index >= 15 is 0 Å². The van der Waals surface area contributed by atoms with Gasteiger partial charge < -0.3 is 0 Å². The Morgan fingerprint density at radius 3 is 2.44 bits per heavy atom. The standard InChI is InChI=1S/C10H10N2O.C3H8/c1-7-11-9-5-3-4-6-10(9)12(7)8(2)13;1-3-2/h3-6H,1-2H3;3H2,1-2H3/p+1. The van der Waals surface area contributed by atoms with Gasteiger partial charge in [0.2, 0.25) is 0 Å². The Kier molecular flexibility index (Phi) is 4.23. The molecule has 2 rings (SSSR count). The molecule has 0 bridgehead atoms. The number of aromatic amines is 1. The molecule has 0 atom stereocenters. The third kappa shape index (κ3) is 2.48. The van der Waals surface area contributed by atoms with E-state index in [1.54, 1.807) is 11.5 Å². The van der Waals surface area contributed by atoms with Crippen LogP contribution in [-0.2, 0) is 0 Å². The molecule has 3 nitrogen and oxygen atoms in total. The molecule has 1 heterocycles. The van der Waals surface area contributed by atoms with E-state index in [0.29, 0.717) is 0 Å². The number of hydrogen-bond donors (Lipinski definition) is 0. The van der Waals surface area contributed by atoms with Gasteiger partial charge in [-0.1, -0.05) is 32.4 Å². The number of aromatic nitrogens is 2. The summed E-state index contributed by atoms with van der Waals surface area (Å²) in [7, 11) is 0. The lowest BCUT2D eigenvalue weighted by molar-refractivity contribution is -0.356. The van der Waals surface area contributed by atoms with Crippen molar-refractivity contribution in [3.63, 3.8) is 0 Å². The zero-order valence-corrected chi connectivity index (χ0v) is 10.4. The van der Waals surface area contributed by atoms with E-state index in [9.17, 15) is 4.79 Å². The summed E-state index contributed by atoms with van der Waals surface area (Å²) in [4.78, 5) is 14.4. The van der Waals surface area contributed by atoms with Crippen LogP contribution >= 0.6 is 0 Å². The Morgan fingerprint density at radius 1 is 1.31 bits per heavy atom. The quantitative estimate of drug-likeness (QED) is 0.671. The van der Waals surface area contributed by atoms with Gasteiger partial charge >= 0.3 is 5.91 Å². The first-order valence-corrected chi connectivity index (χ1v) is 5.62. The lowest BCUT2D eigenvalue weighted by Gasteiger charge is -1.89. The summed E-state index contributed by atoms with van der Waals surface area (Å²) in [5.41, 5.74) is 1.93. The van der Waals surface area contributed by atoms with Crippen LogP contribution < -0.4 is 4.98 Å². The SMILES string of the molecule is CC(=O)n1c(C)[nH+]c2ccccc21.CCC. The molecule has 0 saturated carbocycles. The van der Waals surface area contributed by atoms with E-state index in [2.05, 4.69) is 18.8 Å². The number of aryl methyl sites for hydroxylation is 1. The van der Waals surface area contributed by atoms with E-state index < -0.39 is 0 Å². The second-order valence-corrected chi connectivity index (χ2v) is 3.79. The van der Waals surface area contributed by atoms with Crippen molar-refractivity contribution in [2.75, 3.05) is 0 Å². The number of nitrogens with zero attached hydrogens (tertiary/aromatic N) is 1. The van der Waals surface area contributed by atoms with Crippen LogP contribution in [0.15, 0.2) is 24.3 Å². The summed E-state index contributed by atoms with van der Waals surface area (Å²) in [6.07, 6.45) is 1.25. The maximum absolute atomic E-state index is 11.3. The van der Waals surface area contributed by atoms with Gasteiger partial charge in [0, 0.05) is 13.8 Å². The van der Waals surface area contributed by atoms with Gasteiger partial charge in [0.05, 0.1) is 0 Å².